The lowest BCUT2D eigenvalue weighted by Gasteiger charge is -2.31. The van der Waals surface area contributed by atoms with E-state index in [1.165, 1.54) is 18.2 Å². The van der Waals surface area contributed by atoms with Gasteiger partial charge in [0.05, 0.1) is 23.6 Å². The lowest BCUT2D eigenvalue weighted by molar-refractivity contribution is -0.137. The van der Waals surface area contributed by atoms with Crippen molar-refractivity contribution in [3.63, 3.8) is 0 Å². The molecule has 2 N–H and O–H groups in total. The summed E-state index contributed by atoms with van der Waals surface area (Å²) in [7, 11) is -3.98. The fraction of sp³-hybridized carbons (Fsp3) is 0.529. The van der Waals surface area contributed by atoms with Crippen molar-refractivity contribution >= 4 is 27.0 Å². The second-order valence-electron chi connectivity index (χ2n) is 6.91. The predicted molar refractivity (Wildman–Crippen MR) is 97.8 cm³/mol. The number of carbonyl (C=O) groups is 1. The maximum atomic E-state index is 12.8. The Balaban J connectivity index is 1.85. The van der Waals surface area contributed by atoms with Gasteiger partial charge in [-0.3, -0.25) is 9.78 Å². The van der Waals surface area contributed by atoms with E-state index in [0.29, 0.717) is 38.2 Å². The van der Waals surface area contributed by atoms with Gasteiger partial charge in [-0.2, -0.15) is 4.72 Å². The molecule has 0 unspecified atom stereocenters. The zero-order valence-corrected chi connectivity index (χ0v) is 16.0. The third kappa shape index (κ3) is 4.57. The van der Waals surface area contributed by atoms with E-state index in [-0.39, 0.29) is 22.3 Å². The van der Waals surface area contributed by atoms with Crippen LogP contribution < -0.4 is 10.5 Å². The van der Waals surface area contributed by atoms with Crippen molar-refractivity contribution in [2.24, 2.45) is 5.92 Å². The van der Waals surface area contributed by atoms with Crippen molar-refractivity contribution in [2.45, 2.75) is 31.2 Å². The molecular formula is C17H23N3O6S. The number of rotatable bonds is 6. The summed E-state index contributed by atoms with van der Waals surface area (Å²) in [5.41, 5.74) is 0.546. The van der Waals surface area contributed by atoms with Crippen LogP contribution in [0.2, 0.25) is 0 Å². The van der Waals surface area contributed by atoms with Gasteiger partial charge in [0.1, 0.15) is 6.04 Å². The van der Waals surface area contributed by atoms with E-state index in [2.05, 4.69) is 9.71 Å². The maximum Gasteiger partial charge on any atom is 0.417 e. The molecule has 2 heterocycles. The number of nitrogens with zero attached hydrogens (tertiary/aromatic N) is 1. The van der Waals surface area contributed by atoms with Gasteiger partial charge < -0.3 is 14.1 Å². The lowest BCUT2D eigenvalue weighted by atomic mass is 10.0. The van der Waals surface area contributed by atoms with E-state index in [1.807, 2.05) is 13.8 Å². The Bertz CT molecular complexity index is 972. The molecule has 1 aliphatic rings. The van der Waals surface area contributed by atoms with Crippen LogP contribution in [0, 0.1) is 5.92 Å². The van der Waals surface area contributed by atoms with Crippen molar-refractivity contribution in [3.05, 3.63) is 28.7 Å². The van der Waals surface area contributed by atoms with E-state index in [9.17, 15) is 18.0 Å². The minimum absolute atomic E-state index is 0.0683. The number of nitrogens with one attached hydrogen (secondary N) is 2. The summed E-state index contributed by atoms with van der Waals surface area (Å²) in [5, 5.41) is 0. The van der Waals surface area contributed by atoms with E-state index >= 15 is 0 Å². The topological polar surface area (TPSA) is 122 Å². The summed E-state index contributed by atoms with van der Waals surface area (Å²) in [6, 6.07) is 3.21. The van der Waals surface area contributed by atoms with E-state index in [1.54, 1.807) is 4.90 Å². The number of oxazole rings is 1. The van der Waals surface area contributed by atoms with Crippen LogP contribution in [0.1, 0.15) is 20.3 Å². The number of aromatic nitrogens is 1. The van der Waals surface area contributed by atoms with E-state index in [4.69, 9.17) is 9.15 Å². The minimum Gasteiger partial charge on any atom is -0.408 e. The first-order valence-corrected chi connectivity index (χ1v) is 10.3. The van der Waals surface area contributed by atoms with Crippen LogP contribution in [-0.4, -0.2) is 56.6 Å². The van der Waals surface area contributed by atoms with Gasteiger partial charge in [-0.15, -0.1) is 0 Å². The lowest BCUT2D eigenvalue weighted by Crippen LogP contribution is -2.52. The van der Waals surface area contributed by atoms with Crippen molar-refractivity contribution in [2.75, 3.05) is 26.3 Å². The number of benzene rings is 1. The molecular weight excluding hydrogens is 374 g/mol. The Morgan fingerprint density at radius 2 is 2.00 bits per heavy atom. The summed E-state index contributed by atoms with van der Waals surface area (Å²) in [5.74, 6) is -0.801. The summed E-state index contributed by atoms with van der Waals surface area (Å²) < 4.78 is 38.3. The number of hydrogen-bond acceptors (Lipinski definition) is 6. The molecule has 9 nitrogen and oxygen atoms in total. The van der Waals surface area contributed by atoms with Crippen LogP contribution >= 0.6 is 0 Å². The SMILES string of the molecule is CC(C)C[C@@H](NS(=O)(=O)c1ccc2[nH]c(=O)oc2c1)C(=O)N1CCOCC1. The van der Waals surface area contributed by atoms with Crippen molar-refractivity contribution in [1.29, 1.82) is 0 Å². The second kappa shape index (κ2) is 7.83. The highest BCUT2D eigenvalue weighted by atomic mass is 32.2. The largest absolute Gasteiger partial charge is 0.417 e. The van der Waals surface area contributed by atoms with Gasteiger partial charge in [0, 0.05) is 19.2 Å². The Morgan fingerprint density at radius 3 is 2.67 bits per heavy atom. The average molecular weight is 397 g/mol. The second-order valence-corrected chi connectivity index (χ2v) is 8.63. The third-order valence-corrected chi connectivity index (χ3v) is 5.80. The summed E-state index contributed by atoms with van der Waals surface area (Å²) in [4.78, 5) is 28.1. The maximum absolute atomic E-state index is 12.8. The van der Waals surface area contributed by atoms with Crippen LogP contribution in [-0.2, 0) is 19.6 Å². The van der Waals surface area contributed by atoms with Crippen LogP contribution in [0.5, 0.6) is 0 Å². The number of ether oxygens (including phenoxy) is 1. The average Bonchev–Trinajstić information content (AvgIpc) is 3.00. The van der Waals surface area contributed by atoms with Crippen molar-refractivity contribution in [3.8, 4) is 0 Å². The Kier molecular flexibility index (Phi) is 5.68. The molecule has 0 radical (unpaired) electrons. The Labute approximate surface area is 156 Å². The highest BCUT2D eigenvalue weighted by Crippen LogP contribution is 2.18. The third-order valence-electron chi connectivity index (χ3n) is 4.33. The number of morpholine rings is 1. The molecule has 1 fully saturated rings. The first-order chi connectivity index (χ1) is 12.8. The van der Waals surface area contributed by atoms with Gasteiger partial charge >= 0.3 is 5.76 Å². The normalized spacial score (nSPS) is 16.8. The summed E-state index contributed by atoms with van der Waals surface area (Å²) in [6.45, 7) is 5.61. The molecule has 1 atom stereocenters. The fourth-order valence-electron chi connectivity index (χ4n) is 3.02. The highest BCUT2D eigenvalue weighted by Gasteiger charge is 2.31. The molecule has 0 bridgehead atoms. The van der Waals surface area contributed by atoms with E-state index < -0.39 is 21.8 Å². The monoisotopic (exact) mass is 397 g/mol. The minimum atomic E-state index is -3.98. The molecule has 0 saturated carbocycles. The van der Waals surface area contributed by atoms with Gasteiger partial charge in [0.2, 0.25) is 15.9 Å². The van der Waals surface area contributed by atoms with Gasteiger partial charge in [-0.1, -0.05) is 13.8 Å². The molecule has 0 spiro atoms. The molecule has 1 aromatic heterocycles. The molecule has 3 rings (SSSR count). The van der Waals surface area contributed by atoms with Crippen LogP contribution in [0.4, 0.5) is 0 Å². The molecule has 148 valence electrons. The predicted octanol–water partition coefficient (Wildman–Crippen LogP) is 0.673. The zero-order chi connectivity index (χ0) is 19.6. The number of amides is 1. The molecule has 1 aromatic carbocycles. The number of aromatic amines is 1. The molecule has 1 saturated heterocycles. The molecule has 1 amide bonds. The first-order valence-electron chi connectivity index (χ1n) is 8.78. The molecule has 27 heavy (non-hydrogen) atoms. The van der Waals surface area contributed by atoms with Crippen LogP contribution in [0.15, 0.2) is 32.3 Å². The van der Waals surface area contributed by atoms with Crippen molar-refractivity contribution < 1.29 is 22.4 Å². The Hall–Kier alpha value is -2.17. The smallest absolute Gasteiger partial charge is 0.408 e. The van der Waals surface area contributed by atoms with Gasteiger partial charge in [-0.05, 0) is 24.5 Å². The first kappa shape index (κ1) is 19.6. The van der Waals surface area contributed by atoms with E-state index in [0.717, 1.165) is 0 Å². The number of H-pyrrole nitrogens is 1. The van der Waals surface area contributed by atoms with Gasteiger partial charge in [0.25, 0.3) is 0 Å². The summed E-state index contributed by atoms with van der Waals surface area (Å²) in [6.07, 6.45) is 0.372. The number of hydrogen-bond donors (Lipinski definition) is 2. The van der Waals surface area contributed by atoms with Crippen LogP contribution in [0.3, 0.4) is 0 Å². The van der Waals surface area contributed by atoms with Crippen LogP contribution in [0.25, 0.3) is 11.1 Å². The molecule has 10 heteroatoms. The summed E-state index contributed by atoms with van der Waals surface area (Å²) >= 11 is 0. The van der Waals surface area contributed by atoms with Gasteiger partial charge in [-0.25, -0.2) is 13.2 Å². The molecule has 2 aromatic rings. The van der Waals surface area contributed by atoms with Crippen molar-refractivity contribution in [1.82, 2.24) is 14.6 Å². The number of carbonyl (C=O) groups excluding carboxylic acids is 1. The number of sulfonamides is 1. The molecule has 1 aliphatic heterocycles. The standard InChI is InChI=1S/C17H23N3O6S/c1-11(2)9-14(16(21)20-5-7-25-8-6-20)19-27(23,24)12-3-4-13-15(10-12)26-17(22)18-13/h3-4,10-11,14,19H,5-9H2,1-2H3,(H,18,22)/t14-/m1/s1. The zero-order valence-electron chi connectivity index (χ0n) is 15.2. The number of fused-ring (bicyclic) bond motifs is 1. The quantitative estimate of drug-likeness (QED) is 0.739. The molecule has 0 aliphatic carbocycles. The highest BCUT2D eigenvalue weighted by molar-refractivity contribution is 7.89. The Morgan fingerprint density at radius 1 is 1.30 bits per heavy atom. The van der Waals surface area contributed by atoms with Gasteiger partial charge in [0.15, 0.2) is 5.58 Å². The fourth-order valence-corrected chi connectivity index (χ4v) is 4.24.